The third-order valence-electron chi connectivity index (χ3n) is 6.72. The van der Waals surface area contributed by atoms with Gasteiger partial charge in [-0.2, -0.15) is 0 Å². The Bertz CT molecular complexity index is 960. The van der Waals surface area contributed by atoms with Gasteiger partial charge in [-0.05, 0) is 74.8 Å². The first kappa shape index (κ1) is 23.1. The van der Waals surface area contributed by atoms with Crippen LogP contribution in [0.1, 0.15) is 79.9 Å². The van der Waals surface area contributed by atoms with Gasteiger partial charge in [0.15, 0.2) is 5.76 Å². The topological polar surface area (TPSA) is 71.8 Å². The lowest BCUT2D eigenvalue weighted by atomic mass is 9.96. The number of allylic oxidation sites excluding steroid dienone is 1. The molecule has 0 unspecified atom stereocenters. The number of methoxy groups -OCH3 is 1. The van der Waals surface area contributed by atoms with Crippen molar-refractivity contribution in [1.82, 2.24) is 10.2 Å². The van der Waals surface area contributed by atoms with Crippen LogP contribution in [-0.2, 0) is 4.79 Å². The van der Waals surface area contributed by atoms with Crippen molar-refractivity contribution in [2.45, 2.75) is 69.9 Å². The van der Waals surface area contributed by atoms with E-state index >= 15 is 0 Å². The molecule has 0 spiro atoms. The van der Waals surface area contributed by atoms with E-state index in [1.165, 1.54) is 24.7 Å². The molecule has 1 saturated carbocycles. The molecule has 2 amide bonds. The van der Waals surface area contributed by atoms with Crippen LogP contribution in [0.4, 0.5) is 0 Å². The average molecular weight is 451 g/mol. The van der Waals surface area contributed by atoms with Crippen LogP contribution in [0.5, 0.6) is 5.75 Å². The summed E-state index contributed by atoms with van der Waals surface area (Å²) in [6.07, 6.45) is 13.3. The van der Waals surface area contributed by atoms with E-state index in [0.29, 0.717) is 12.3 Å². The third-order valence-corrected chi connectivity index (χ3v) is 6.72. The molecule has 1 aromatic heterocycles. The number of hydrogen-bond donors (Lipinski definition) is 1. The van der Waals surface area contributed by atoms with Gasteiger partial charge in [-0.15, -0.1) is 0 Å². The van der Waals surface area contributed by atoms with Gasteiger partial charge in [-0.1, -0.05) is 36.6 Å². The predicted octanol–water partition coefficient (Wildman–Crippen LogP) is 5.42. The molecular weight excluding hydrogens is 416 g/mol. The van der Waals surface area contributed by atoms with Gasteiger partial charge in [0.1, 0.15) is 11.8 Å². The molecule has 4 rings (SSSR count). The van der Waals surface area contributed by atoms with Gasteiger partial charge < -0.3 is 19.4 Å². The van der Waals surface area contributed by atoms with E-state index in [1.54, 1.807) is 24.1 Å². The van der Waals surface area contributed by atoms with Crippen molar-refractivity contribution in [3.05, 3.63) is 65.6 Å². The summed E-state index contributed by atoms with van der Waals surface area (Å²) in [6, 6.07) is 10.2. The fourth-order valence-corrected chi connectivity index (χ4v) is 4.92. The number of hydrogen-bond acceptors (Lipinski definition) is 4. The number of amides is 2. The molecule has 6 heteroatoms. The Morgan fingerprint density at radius 3 is 2.70 bits per heavy atom. The van der Waals surface area contributed by atoms with E-state index in [1.807, 2.05) is 24.3 Å². The molecule has 0 radical (unpaired) electrons. The summed E-state index contributed by atoms with van der Waals surface area (Å²) in [5.41, 5.74) is 2.10. The number of rotatable bonds is 9. The monoisotopic (exact) mass is 450 g/mol. The predicted molar refractivity (Wildman–Crippen MR) is 127 cm³/mol. The number of nitrogens with zero attached hydrogens (tertiary/aromatic N) is 1. The minimum absolute atomic E-state index is 0.146. The molecule has 0 saturated heterocycles. The van der Waals surface area contributed by atoms with Gasteiger partial charge in [0, 0.05) is 12.6 Å². The standard InChI is InChI=1S/C27H34N2O4/c1-32-23-14-7-11-21(19-23)25(26(30)28-22-12-5-6-13-22)29(27(31)24-15-8-18-33-24)17-16-20-9-3-2-4-10-20/h7-9,11,14-15,18-19,22,25H,2-6,10,12-13,16-17H2,1H3,(H,28,30)/t25-/m0/s1. The van der Waals surface area contributed by atoms with Gasteiger partial charge in [-0.25, -0.2) is 0 Å². The van der Waals surface area contributed by atoms with E-state index in [-0.39, 0.29) is 23.6 Å². The maximum absolute atomic E-state index is 13.7. The summed E-state index contributed by atoms with van der Waals surface area (Å²) in [6.45, 7) is 0.450. The van der Waals surface area contributed by atoms with Crippen molar-refractivity contribution in [2.75, 3.05) is 13.7 Å². The van der Waals surface area contributed by atoms with Gasteiger partial charge >= 0.3 is 0 Å². The summed E-state index contributed by atoms with van der Waals surface area (Å²) in [7, 11) is 1.61. The van der Waals surface area contributed by atoms with Crippen LogP contribution < -0.4 is 10.1 Å². The lowest BCUT2D eigenvalue weighted by molar-refractivity contribution is -0.126. The summed E-state index contributed by atoms with van der Waals surface area (Å²) < 4.78 is 10.9. The zero-order valence-corrected chi connectivity index (χ0v) is 19.4. The van der Waals surface area contributed by atoms with Crippen LogP contribution in [0.2, 0.25) is 0 Å². The van der Waals surface area contributed by atoms with Crippen LogP contribution in [0.15, 0.2) is 58.7 Å². The molecule has 0 aliphatic heterocycles. The first-order valence-corrected chi connectivity index (χ1v) is 12.1. The molecule has 2 aliphatic carbocycles. The van der Waals surface area contributed by atoms with E-state index < -0.39 is 6.04 Å². The quantitative estimate of drug-likeness (QED) is 0.518. The molecule has 1 atom stereocenters. The number of furan rings is 1. The lowest BCUT2D eigenvalue weighted by Gasteiger charge is -2.32. The molecule has 1 fully saturated rings. The smallest absolute Gasteiger partial charge is 0.290 e. The third kappa shape index (κ3) is 5.86. The molecule has 0 bridgehead atoms. The second-order valence-corrected chi connectivity index (χ2v) is 9.00. The number of benzene rings is 1. The summed E-state index contributed by atoms with van der Waals surface area (Å²) in [4.78, 5) is 28.9. The van der Waals surface area contributed by atoms with E-state index in [4.69, 9.17) is 9.15 Å². The summed E-state index contributed by atoms with van der Waals surface area (Å²) in [5.74, 6) is 0.485. The normalized spacial score (nSPS) is 17.3. The van der Waals surface area contributed by atoms with Crippen molar-refractivity contribution in [3.63, 3.8) is 0 Å². The zero-order chi connectivity index (χ0) is 23.0. The number of carbonyl (C=O) groups excluding carboxylic acids is 2. The maximum atomic E-state index is 13.7. The number of ether oxygens (including phenoxy) is 1. The summed E-state index contributed by atoms with van der Waals surface area (Å²) in [5, 5.41) is 3.21. The van der Waals surface area contributed by atoms with Crippen LogP contribution >= 0.6 is 0 Å². The Kier molecular flexibility index (Phi) is 7.87. The zero-order valence-electron chi connectivity index (χ0n) is 19.4. The SMILES string of the molecule is COc1cccc([C@@H](C(=O)NC2CCCC2)N(CCC2=CCCCC2)C(=O)c2ccco2)c1. The highest BCUT2D eigenvalue weighted by Gasteiger charge is 2.34. The van der Waals surface area contributed by atoms with Crippen molar-refractivity contribution >= 4 is 11.8 Å². The second kappa shape index (κ2) is 11.2. The van der Waals surface area contributed by atoms with Crippen molar-refractivity contribution in [1.29, 1.82) is 0 Å². The number of nitrogens with one attached hydrogen (secondary N) is 1. The minimum Gasteiger partial charge on any atom is -0.497 e. The molecular formula is C27H34N2O4. The Morgan fingerprint density at radius 1 is 1.15 bits per heavy atom. The Morgan fingerprint density at radius 2 is 2.00 bits per heavy atom. The van der Waals surface area contributed by atoms with Crippen LogP contribution in [0, 0.1) is 0 Å². The van der Waals surface area contributed by atoms with Crippen LogP contribution in [0.3, 0.4) is 0 Å². The molecule has 1 N–H and O–H groups in total. The first-order valence-electron chi connectivity index (χ1n) is 12.1. The van der Waals surface area contributed by atoms with E-state index in [9.17, 15) is 9.59 Å². The highest BCUT2D eigenvalue weighted by molar-refractivity contribution is 5.96. The molecule has 33 heavy (non-hydrogen) atoms. The molecule has 6 nitrogen and oxygen atoms in total. The summed E-state index contributed by atoms with van der Waals surface area (Å²) >= 11 is 0. The molecule has 176 valence electrons. The van der Waals surface area contributed by atoms with Crippen LogP contribution in [0.25, 0.3) is 0 Å². The lowest BCUT2D eigenvalue weighted by Crippen LogP contribution is -2.46. The number of carbonyl (C=O) groups is 2. The van der Waals surface area contributed by atoms with Gasteiger partial charge in [-0.3, -0.25) is 9.59 Å². The average Bonchev–Trinajstić information content (AvgIpc) is 3.56. The van der Waals surface area contributed by atoms with Crippen molar-refractivity contribution in [3.8, 4) is 5.75 Å². The fourth-order valence-electron chi connectivity index (χ4n) is 4.92. The van der Waals surface area contributed by atoms with Gasteiger partial charge in [0.05, 0.1) is 13.4 Å². The fraction of sp³-hybridized carbons (Fsp3) is 0.481. The Hall–Kier alpha value is -3.02. The second-order valence-electron chi connectivity index (χ2n) is 9.00. The Balaban J connectivity index is 1.67. The van der Waals surface area contributed by atoms with Crippen LogP contribution in [-0.4, -0.2) is 36.4 Å². The molecule has 1 aromatic carbocycles. The largest absolute Gasteiger partial charge is 0.497 e. The highest BCUT2D eigenvalue weighted by Crippen LogP contribution is 2.30. The molecule has 2 aliphatic rings. The molecule has 2 aromatic rings. The van der Waals surface area contributed by atoms with Gasteiger partial charge in [0.25, 0.3) is 5.91 Å². The van der Waals surface area contributed by atoms with E-state index in [0.717, 1.165) is 50.5 Å². The van der Waals surface area contributed by atoms with E-state index in [2.05, 4.69) is 11.4 Å². The highest BCUT2D eigenvalue weighted by atomic mass is 16.5. The van der Waals surface area contributed by atoms with Crippen molar-refractivity contribution in [2.24, 2.45) is 0 Å². The minimum atomic E-state index is -0.762. The maximum Gasteiger partial charge on any atom is 0.290 e. The van der Waals surface area contributed by atoms with Crippen molar-refractivity contribution < 1.29 is 18.7 Å². The first-order chi connectivity index (χ1) is 16.2. The Labute approximate surface area is 196 Å². The molecule has 1 heterocycles. The van der Waals surface area contributed by atoms with Gasteiger partial charge in [0.2, 0.25) is 5.91 Å².